The van der Waals surface area contributed by atoms with Gasteiger partial charge in [-0.3, -0.25) is 19.3 Å². The van der Waals surface area contributed by atoms with Gasteiger partial charge in [0, 0.05) is 36.1 Å². The zero-order chi connectivity index (χ0) is 21.8. The molecule has 156 valence electrons. The van der Waals surface area contributed by atoms with Crippen molar-refractivity contribution < 1.29 is 14.4 Å². The number of hydrogen-bond donors (Lipinski definition) is 2. The van der Waals surface area contributed by atoms with Crippen molar-refractivity contribution in [1.29, 1.82) is 0 Å². The van der Waals surface area contributed by atoms with Crippen molar-refractivity contribution in [2.45, 2.75) is 19.8 Å². The number of carbonyl (C=O) groups excluding carboxylic acids is 3. The Labute approximate surface area is 179 Å². The molecule has 0 saturated heterocycles. The molecule has 3 aromatic rings. The van der Waals surface area contributed by atoms with Gasteiger partial charge < -0.3 is 10.6 Å². The third kappa shape index (κ3) is 4.58. The Bertz CT molecular complexity index is 1110. The summed E-state index contributed by atoms with van der Waals surface area (Å²) < 4.78 is 0. The summed E-state index contributed by atoms with van der Waals surface area (Å²) in [6.07, 6.45) is 2.09. The molecular weight excluding hydrogens is 394 g/mol. The van der Waals surface area contributed by atoms with Gasteiger partial charge in [-0.15, -0.1) is 0 Å². The first-order valence-electron chi connectivity index (χ1n) is 9.92. The molecule has 0 fully saturated rings. The molecule has 4 rings (SSSR count). The second-order valence-corrected chi connectivity index (χ2v) is 7.21. The summed E-state index contributed by atoms with van der Waals surface area (Å²) in [5.74, 6) is -0.0906. The molecule has 31 heavy (non-hydrogen) atoms. The van der Waals surface area contributed by atoms with Gasteiger partial charge in [0.2, 0.25) is 5.91 Å². The van der Waals surface area contributed by atoms with E-state index in [9.17, 15) is 14.4 Å². The average Bonchev–Trinajstić information content (AvgIpc) is 3.00. The number of carbonyl (C=O) groups is 3. The normalized spacial score (nSPS) is 12.6. The monoisotopic (exact) mass is 415 g/mol. The molecule has 0 bridgehead atoms. The number of imide groups is 1. The van der Waals surface area contributed by atoms with Gasteiger partial charge in [0.25, 0.3) is 11.8 Å². The second kappa shape index (κ2) is 8.74. The molecule has 0 aliphatic carbocycles. The molecule has 2 heterocycles. The Morgan fingerprint density at radius 3 is 2.23 bits per heavy atom. The number of aryl methyl sites for hydroxylation is 1. The number of hydrogen-bond acceptors (Lipinski definition) is 6. The van der Waals surface area contributed by atoms with E-state index in [0.717, 1.165) is 11.4 Å². The zero-order valence-electron chi connectivity index (χ0n) is 17.0. The highest BCUT2D eigenvalue weighted by Gasteiger charge is 2.34. The fourth-order valence-electron chi connectivity index (χ4n) is 3.37. The molecule has 8 nitrogen and oxygen atoms in total. The van der Waals surface area contributed by atoms with E-state index in [0.29, 0.717) is 29.1 Å². The Kier molecular flexibility index (Phi) is 5.70. The Morgan fingerprint density at radius 2 is 1.58 bits per heavy atom. The molecule has 0 saturated carbocycles. The van der Waals surface area contributed by atoms with E-state index in [2.05, 4.69) is 20.6 Å². The van der Waals surface area contributed by atoms with Crippen LogP contribution in [-0.4, -0.2) is 39.1 Å². The van der Waals surface area contributed by atoms with E-state index in [1.807, 2.05) is 25.1 Å². The second-order valence-electron chi connectivity index (χ2n) is 7.21. The summed E-state index contributed by atoms with van der Waals surface area (Å²) in [7, 11) is 0. The van der Waals surface area contributed by atoms with Crippen molar-refractivity contribution in [3.8, 4) is 0 Å². The van der Waals surface area contributed by atoms with Gasteiger partial charge in [-0.1, -0.05) is 12.1 Å². The van der Waals surface area contributed by atoms with Crippen molar-refractivity contribution in [2.75, 3.05) is 17.2 Å². The first kappa shape index (κ1) is 20.2. The number of nitrogens with one attached hydrogen (secondary N) is 2. The number of benzene rings is 2. The maximum atomic E-state index is 12.3. The van der Waals surface area contributed by atoms with Crippen molar-refractivity contribution in [1.82, 2.24) is 14.9 Å². The molecule has 3 amide bonds. The maximum absolute atomic E-state index is 12.3. The lowest BCUT2D eigenvalue weighted by atomic mass is 10.1. The number of fused-ring (bicyclic) bond motifs is 1. The molecule has 1 aliphatic rings. The summed E-state index contributed by atoms with van der Waals surface area (Å²) in [6.45, 7) is 2.10. The van der Waals surface area contributed by atoms with Gasteiger partial charge in [-0.25, -0.2) is 9.97 Å². The lowest BCUT2D eigenvalue weighted by molar-refractivity contribution is -0.116. The Balaban J connectivity index is 1.26. The summed E-state index contributed by atoms with van der Waals surface area (Å²) in [4.78, 5) is 46.4. The third-order valence-corrected chi connectivity index (χ3v) is 4.91. The van der Waals surface area contributed by atoms with Crippen LogP contribution >= 0.6 is 0 Å². The standard InChI is InChI=1S/C23H21N5O3/c1-15-13-20(25-14-24-15)26-16-8-10-17(11-9-16)27-21(29)7-4-12-28-22(30)18-5-2-3-6-19(18)23(28)31/h2-3,5-6,8-11,13-14H,4,7,12H2,1H3,(H,27,29)(H,24,25,26). The van der Waals surface area contributed by atoms with Crippen LogP contribution in [0, 0.1) is 6.92 Å². The van der Waals surface area contributed by atoms with Crippen molar-refractivity contribution >= 4 is 34.9 Å². The Morgan fingerprint density at radius 1 is 0.935 bits per heavy atom. The van der Waals surface area contributed by atoms with Gasteiger partial charge in [-0.05, 0) is 49.7 Å². The molecule has 0 unspecified atom stereocenters. The highest BCUT2D eigenvalue weighted by atomic mass is 16.2. The van der Waals surface area contributed by atoms with E-state index in [4.69, 9.17) is 0 Å². The number of nitrogens with zero attached hydrogens (tertiary/aromatic N) is 3. The minimum absolute atomic E-state index is 0.177. The molecule has 0 radical (unpaired) electrons. The Hall–Kier alpha value is -4.07. The number of aromatic nitrogens is 2. The van der Waals surface area contributed by atoms with Gasteiger partial charge in [-0.2, -0.15) is 0 Å². The third-order valence-electron chi connectivity index (χ3n) is 4.91. The summed E-state index contributed by atoms with van der Waals surface area (Å²) in [6, 6.07) is 15.9. The molecule has 0 spiro atoms. The highest BCUT2D eigenvalue weighted by molar-refractivity contribution is 6.21. The molecule has 1 aliphatic heterocycles. The number of amides is 3. The average molecular weight is 415 g/mol. The minimum Gasteiger partial charge on any atom is -0.340 e. The minimum atomic E-state index is -0.303. The van der Waals surface area contributed by atoms with Crippen LogP contribution in [0.15, 0.2) is 60.9 Å². The predicted octanol–water partition coefficient (Wildman–Crippen LogP) is 3.54. The molecule has 1 aromatic heterocycles. The van der Waals surface area contributed by atoms with Crippen molar-refractivity contribution in [3.63, 3.8) is 0 Å². The molecule has 2 aromatic carbocycles. The fourth-order valence-corrected chi connectivity index (χ4v) is 3.37. The summed E-state index contributed by atoms with van der Waals surface area (Å²) in [5, 5.41) is 6.00. The van der Waals surface area contributed by atoms with E-state index in [1.165, 1.54) is 11.2 Å². The van der Waals surface area contributed by atoms with Gasteiger partial charge in [0.15, 0.2) is 0 Å². The highest BCUT2D eigenvalue weighted by Crippen LogP contribution is 2.23. The molecule has 0 atom stereocenters. The lowest BCUT2D eigenvalue weighted by Crippen LogP contribution is -2.31. The van der Waals surface area contributed by atoms with Crippen LogP contribution in [0.1, 0.15) is 39.3 Å². The summed E-state index contributed by atoms with van der Waals surface area (Å²) >= 11 is 0. The summed E-state index contributed by atoms with van der Waals surface area (Å²) in [5.41, 5.74) is 3.20. The first-order chi connectivity index (χ1) is 15.0. The van der Waals surface area contributed by atoms with Crippen LogP contribution in [0.5, 0.6) is 0 Å². The predicted molar refractivity (Wildman–Crippen MR) is 116 cm³/mol. The topological polar surface area (TPSA) is 104 Å². The smallest absolute Gasteiger partial charge is 0.261 e. The van der Waals surface area contributed by atoms with Crippen LogP contribution in [0.2, 0.25) is 0 Å². The van der Waals surface area contributed by atoms with Crippen molar-refractivity contribution in [2.24, 2.45) is 0 Å². The van der Waals surface area contributed by atoms with Crippen LogP contribution in [0.25, 0.3) is 0 Å². The van der Waals surface area contributed by atoms with E-state index in [1.54, 1.807) is 36.4 Å². The van der Waals surface area contributed by atoms with Crippen LogP contribution in [0.3, 0.4) is 0 Å². The number of anilines is 3. The largest absolute Gasteiger partial charge is 0.340 e. The van der Waals surface area contributed by atoms with Crippen LogP contribution in [0.4, 0.5) is 17.2 Å². The molecule has 8 heteroatoms. The van der Waals surface area contributed by atoms with Gasteiger partial charge in [0.05, 0.1) is 11.1 Å². The fraction of sp³-hybridized carbons (Fsp3) is 0.174. The lowest BCUT2D eigenvalue weighted by Gasteiger charge is -2.13. The van der Waals surface area contributed by atoms with E-state index < -0.39 is 0 Å². The van der Waals surface area contributed by atoms with Gasteiger partial charge in [0.1, 0.15) is 12.1 Å². The maximum Gasteiger partial charge on any atom is 0.261 e. The van der Waals surface area contributed by atoms with Gasteiger partial charge >= 0.3 is 0 Å². The van der Waals surface area contributed by atoms with E-state index in [-0.39, 0.29) is 30.7 Å². The molecular formula is C23H21N5O3. The van der Waals surface area contributed by atoms with E-state index >= 15 is 0 Å². The quantitative estimate of drug-likeness (QED) is 0.572. The van der Waals surface area contributed by atoms with Crippen LogP contribution in [-0.2, 0) is 4.79 Å². The van der Waals surface area contributed by atoms with Crippen LogP contribution < -0.4 is 10.6 Å². The molecule has 2 N–H and O–H groups in total. The number of rotatable bonds is 7. The first-order valence-corrected chi connectivity index (χ1v) is 9.92. The SMILES string of the molecule is Cc1cc(Nc2ccc(NC(=O)CCCN3C(=O)c4ccccc4C3=O)cc2)ncn1. The van der Waals surface area contributed by atoms with Crippen molar-refractivity contribution in [3.05, 3.63) is 77.7 Å². The zero-order valence-corrected chi connectivity index (χ0v) is 17.0.